The highest BCUT2D eigenvalue weighted by molar-refractivity contribution is 5.91. The van der Waals surface area contributed by atoms with E-state index < -0.39 is 17.3 Å². The van der Waals surface area contributed by atoms with Gasteiger partial charge in [0.1, 0.15) is 11.2 Å². The minimum Gasteiger partial charge on any atom is -0.444 e. The van der Waals surface area contributed by atoms with Gasteiger partial charge < -0.3 is 9.84 Å². The van der Waals surface area contributed by atoms with E-state index in [-0.39, 0.29) is 22.5 Å². The smallest absolute Gasteiger partial charge is 0.412 e. The predicted octanol–water partition coefficient (Wildman–Crippen LogP) is 7.65. The number of hydrogen-bond donors (Lipinski definition) is 2. The van der Waals surface area contributed by atoms with Crippen LogP contribution in [-0.4, -0.2) is 28.2 Å². The number of fused-ring (bicyclic) bond motifs is 5. The van der Waals surface area contributed by atoms with Gasteiger partial charge in [-0.2, -0.15) is 0 Å². The molecule has 5 heteroatoms. The molecular weight excluding hydrogens is 498 g/mol. The van der Waals surface area contributed by atoms with E-state index in [4.69, 9.17) is 4.74 Å². The lowest BCUT2D eigenvalue weighted by atomic mass is 9.46. The molecule has 3 fully saturated rings. The van der Waals surface area contributed by atoms with Crippen molar-refractivity contribution in [2.24, 2.45) is 34.5 Å². The van der Waals surface area contributed by atoms with Crippen molar-refractivity contribution in [3.05, 3.63) is 41.5 Å². The van der Waals surface area contributed by atoms with Crippen LogP contribution in [0.15, 0.2) is 35.9 Å². The first-order valence-corrected chi connectivity index (χ1v) is 15.2. The van der Waals surface area contributed by atoms with Gasteiger partial charge >= 0.3 is 6.09 Å². The number of rotatable bonds is 2. The normalized spacial score (nSPS) is 35.4. The Morgan fingerprint density at radius 1 is 1.02 bits per heavy atom. The number of carbonyl (C=O) groups is 2. The van der Waals surface area contributed by atoms with Crippen LogP contribution >= 0.6 is 0 Å². The van der Waals surface area contributed by atoms with Crippen LogP contribution in [0.4, 0.5) is 10.5 Å². The van der Waals surface area contributed by atoms with E-state index in [0.29, 0.717) is 35.8 Å². The van der Waals surface area contributed by atoms with Crippen molar-refractivity contribution in [1.29, 1.82) is 0 Å². The molecule has 4 aliphatic carbocycles. The summed E-state index contributed by atoms with van der Waals surface area (Å²) in [5.74, 6) is 9.06. The van der Waals surface area contributed by atoms with Crippen LogP contribution in [0, 0.1) is 46.3 Å². The molecule has 0 spiro atoms. The Hall–Kier alpha value is -2.58. The van der Waals surface area contributed by atoms with Gasteiger partial charge in [-0.25, -0.2) is 4.79 Å². The second-order valence-corrected chi connectivity index (χ2v) is 15.1. The molecule has 0 radical (unpaired) electrons. The van der Waals surface area contributed by atoms with Crippen molar-refractivity contribution < 1.29 is 19.4 Å². The molecular formula is C35H47NO4. The summed E-state index contributed by atoms with van der Waals surface area (Å²) >= 11 is 0. The molecule has 0 unspecified atom stereocenters. The van der Waals surface area contributed by atoms with E-state index in [1.165, 1.54) is 11.1 Å². The average molecular weight is 546 g/mol. The molecule has 7 atom stereocenters. The van der Waals surface area contributed by atoms with E-state index >= 15 is 0 Å². The molecule has 0 heterocycles. The largest absolute Gasteiger partial charge is 0.444 e. The Labute approximate surface area is 240 Å². The number of carbonyl (C=O) groups excluding carboxylic acids is 2. The summed E-state index contributed by atoms with van der Waals surface area (Å²) in [6.07, 6.45) is 7.69. The van der Waals surface area contributed by atoms with Crippen molar-refractivity contribution >= 4 is 17.6 Å². The third kappa shape index (κ3) is 5.49. The highest BCUT2D eigenvalue weighted by Gasteiger charge is 2.64. The van der Waals surface area contributed by atoms with Crippen molar-refractivity contribution in [3.63, 3.8) is 0 Å². The topological polar surface area (TPSA) is 75.6 Å². The van der Waals surface area contributed by atoms with Gasteiger partial charge in [0, 0.05) is 22.9 Å². The monoisotopic (exact) mass is 545 g/mol. The fraction of sp³-hybridized carbons (Fsp3) is 0.657. The molecule has 0 bridgehead atoms. The lowest BCUT2D eigenvalue weighted by Gasteiger charge is -2.58. The summed E-state index contributed by atoms with van der Waals surface area (Å²) in [6, 6.07) is 8.21. The van der Waals surface area contributed by atoms with Gasteiger partial charge in [0.05, 0.1) is 0 Å². The van der Waals surface area contributed by atoms with Gasteiger partial charge in [-0.1, -0.05) is 36.5 Å². The fourth-order valence-corrected chi connectivity index (χ4v) is 8.39. The minimum absolute atomic E-state index is 0.170. The number of allylic oxidation sites excluding steroid dienone is 1. The third-order valence-corrected chi connectivity index (χ3v) is 10.1. The highest BCUT2D eigenvalue weighted by atomic mass is 16.6. The van der Waals surface area contributed by atoms with Gasteiger partial charge in [0.25, 0.3) is 0 Å². The van der Waals surface area contributed by atoms with Gasteiger partial charge in [-0.15, -0.1) is 0 Å². The number of aliphatic hydroxyl groups is 1. The number of ketones is 1. The van der Waals surface area contributed by atoms with E-state index in [9.17, 15) is 14.7 Å². The van der Waals surface area contributed by atoms with Crippen LogP contribution in [0.25, 0.3) is 0 Å². The maximum atomic E-state index is 12.3. The second kappa shape index (κ2) is 10.1. The molecule has 216 valence electrons. The molecule has 0 aliphatic heterocycles. The third-order valence-electron chi connectivity index (χ3n) is 10.1. The zero-order chi connectivity index (χ0) is 29.1. The summed E-state index contributed by atoms with van der Waals surface area (Å²) < 4.78 is 5.43. The van der Waals surface area contributed by atoms with E-state index in [1.54, 1.807) is 0 Å². The lowest BCUT2D eigenvalue weighted by molar-refractivity contribution is -0.117. The molecule has 0 saturated heterocycles. The van der Waals surface area contributed by atoms with Crippen molar-refractivity contribution in [1.82, 2.24) is 0 Å². The molecule has 2 N–H and O–H groups in total. The molecule has 5 rings (SSSR count). The van der Waals surface area contributed by atoms with Crippen LogP contribution in [0.5, 0.6) is 0 Å². The van der Waals surface area contributed by atoms with Crippen molar-refractivity contribution in [2.45, 2.75) is 111 Å². The highest BCUT2D eigenvalue weighted by Crippen LogP contribution is 2.68. The first-order chi connectivity index (χ1) is 18.6. The van der Waals surface area contributed by atoms with Gasteiger partial charge in [-0.3, -0.25) is 10.1 Å². The molecule has 1 amide bonds. The number of anilines is 1. The maximum Gasteiger partial charge on any atom is 0.412 e. The Morgan fingerprint density at radius 3 is 2.38 bits per heavy atom. The van der Waals surface area contributed by atoms with Gasteiger partial charge in [0.2, 0.25) is 0 Å². The number of ether oxygens (including phenoxy) is 1. The van der Waals surface area contributed by atoms with Crippen LogP contribution in [0.2, 0.25) is 0 Å². The minimum atomic E-state index is -1.01. The van der Waals surface area contributed by atoms with Crippen LogP contribution in [0.3, 0.4) is 0 Å². The summed E-state index contributed by atoms with van der Waals surface area (Å²) in [5, 5.41) is 15.0. The second-order valence-electron chi connectivity index (χ2n) is 15.1. The first kappa shape index (κ1) is 28.9. The Morgan fingerprint density at radius 2 is 1.73 bits per heavy atom. The average Bonchev–Trinajstić information content (AvgIpc) is 3.11. The number of hydrogen-bond acceptors (Lipinski definition) is 4. The summed E-state index contributed by atoms with van der Waals surface area (Å²) in [6.45, 7) is 14.2. The van der Waals surface area contributed by atoms with E-state index in [2.05, 4.69) is 57.0 Å². The van der Waals surface area contributed by atoms with Crippen molar-refractivity contribution in [3.8, 4) is 11.8 Å². The standard InChI is InChI=1S/C35H47NO4/c1-32(2,3)18-19-35(39)17-16-29-27-14-10-23-20-25(37)13-15-26(23)30(27)28(21-34(29,35)7)22-8-11-24(12-9-22)36-31(38)40-33(4,5)6/h8-9,11-12,20,26-30,39H,10,13-17,21H2,1-7H3,(H,36,38)/t26-,27-,28+,29-,30+,34-,35+/m0/s1. The van der Waals surface area contributed by atoms with Gasteiger partial charge in [0.15, 0.2) is 5.78 Å². The fourth-order valence-electron chi connectivity index (χ4n) is 8.39. The Kier molecular flexibility index (Phi) is 7.27. The molecule has 0 aromatic heterocycles. The molecule has 40 heavy (non-hydrogen) atoms. The Bertz CT molecular complexity index is 1250. The lowest BCUT2D eigenvalue weighted by Crippen LogP contribution is -2.54. The first-order valence-electron chi connectivity index (χ1n) is 15.2. The van der Waals surface area contributed by atoms with Crippen molar-refractivity contribution in [2.75, 3.05) is 5.32 Å². The molecule has 1 aromatic carbocycles. The summed E-state index contributed by atoms with van der Waals surface area (Å²) in [5.41, 5.74) is 1.23. The van der Waals surface area contributed by atoms with Gasteiger partial charge in [-0.05, 0) is 133 Å². The predicted molar refractivity (Wildman–Crippen MR) is 159 cm³/mol. The van der Waals surface area contributed by atoms with Crippen LogP contribution in [-0.2, 0) is 9.53 Å². The quantitative estimate of drug-likeness (QED) is 0.374. The Balaban J connectivity index is 1.51. The number of benzene rings is 1. The zero-order valence-electron chi connectivity index (χ0n) is 25.4. The molecule has 3 saturated carbocycles. The maximum absolute atomic E-state index is 12.3. The summed E-state index contributed by atoms with van der Waals surface area (Å²) in [7, 11) is 0. The molecule has 1 aromatic rings. The molecule has 5 nitrogen and oxygen atoms in total. The molecule has 4 aliphatic rings. The van der Waals surface area contributed by atoms with Crippen LogP contribution in [0.1, 0.15) is 105 Å². The number of nitrogens with one attached hydrogen (secondary N) is 1. The summed E-state index contributed by atoms with van der Waals surface area (Å²) in [4.78, 5) is 24.7. The van der Waals surface area contributed by atoms with E-state index in [0.717, 1.165) is 38.5 Å². The van der Waals surface area contributed by atoms with Crippen LogP contribution < -0.4 is 5.32 Å². The SMILES string of the molecule is CC(C)(C)C#C[C@]1(O)CC[C@H]2[C@@H]3CCC4=CC(=O)CC[C@@H]4[C@H]3[C@@H](c3ccc(NC(=O)OC(C)(C)C)cc3)C[C@@]21C. The van der Waals surface area contributed by atoms with E-state index in [1.807, 2.05) is 39.0 Å². The zero-order valence-corrected chi connectivity index (χ0v) is 25.4. The number of amides is 1.